The number of anilines is 1. The van der Waals surface area contributed by atoms with Gasteiger partial charge in [0, 0.05) is 6.21 Å². The molecule has 0 saturated heterocycles. The molecule has 3 rings (SSSR count). The minimum atomic E-state index is -5.04. The lowest BCUT2D eigenvalue weighted by Crippen LogP contribution is -2.22. The summed E-state index contributed by atoms with van der Waals surface area (Å²) in [7, 11) is 0. The quantitative estimate of drug-likeness (QED) is 0.283. The Balaban J connectivity index is 2.24. The van der Waals surface area contributed by atoms with Gasteiger partial charge < -0.3 is 15.6 Å². The van der Waals surface area contributed by atoms with E-state index in [0.717, 1.165) is 18.2 Å². The first-order valence-electron chi connectivity index (χ1n) is 8.64. The highest BCUT2D eigenvalue weighted by atomic mass is 35.5. The van der Waals surface area contributed by atoms with Crippen LogP contribution in [0.2, 0.25) is 5.02 Å². The number of hydrogen-bond donors (Lipinski definition) is 2. The van der Waals surface area contributed by atoms with E-state index in [2.05, 4.69) is 15.5 Å². The Morgan fingerprint density at radius 1 is 1.19 bits per heavy atom. The van der Waals surface area contributed by atoms with E-state index >= 15 is 0 Å². The molecule has 0 aliphatic carbocycles. The summed E-state index contributed by atoms with van der Waals surface area (Å²) in [6.07, 6.45) is -4.25. The van der Waals surface area contributed by atoms with Gasteiger partial charge in [0.2, 0.25) is 6.41 Å². The zero-order valence-electron chi connectivity index (χ0n) is 15.8. The van der Waals surface area contributed by atoms with Crippen molar-refractivity contribution in [1.29, 1.82) is 0 Å². The zero-order chi connectivity index (χ0) is 23.5. The Bertz CT molecular complexity index is 1200. The molecule has 12 heteroatoms. The fourth-order valence-electron chi connectivity index (χ4n) is 2.66. The van der Waals surface area contributed by atoms with Crippen molar-refractivity contribution in [2.24, 2.45) is 10.7 Å². The standard InChI is InChI=1S/C20H12ClF5N4O2/c21-13-5-2-6-14(23)15(13)16-17(29-9-31)18(32-30-16)12(19(27)20(24,25)26)8-28-11-4-1-3-10(22)7-11/h1-9H,27H2,(H,29,31). The third-order valence-corrected chi connectivity index (χ3v) is 4.40. The number of rotatable bonds is 6. The lowest BCUT2D eigenvalue weighted by molar-refractivity contribution is -0.105. The van der Waals surface area contributed by atoms with Gasteiger partial charge in [-0.2, -0.15) is 13.2 Å². The van der Waals surface area contributed by atoms with Gasteiger partial charge in [-0.3, -0.25) is 9.79 Å². The van der Waals surface area contributed by atoms with E-state index in [1.165, 1.54) is 24.3 Å². The molecule has 6 nitrogen and oxygen atoms in total. The lowest BCUT2D eigenvalue weighted by atomic mass is 10.1. The molecule has 0 saturated carbocycles. The zero-order valence-corrected chi connectivity index (χ0v) is 16.5. The maximum atomic E-state index is 14.4. The van der Waals surface area contributed by atoms with Gasteiger partial charge in [-0.1, -0.05) is 28.9 Å². The van der Waals surface area contributed by atoms with Crippen LogP contribution < -0.4 is 11.1 Å². The average molecular weight is 471 g/mol. The molecule has 3 aromatic rings. The van der Waals surface area contributed by atoms with Crippen LogP contribution in [0.3, 0.4) is 0 Å². The monoisotopic (exact) mass is 470 g/mol. The van der Waals surface area contributed by atoms with Crippen molar-refractivity contribution < 1.29 is 31.3 Å². The van der Waals surface area contributed by atoms with E-state index in [1.54, 1.807) is 0 Å². The van der Waals surface area contributed by atoms with Crippen molar-refractivity contribution >= 4 is 41.2 Å². The summed E-state index contributed by atoms with van der Waals surface area (Å²) in [5.74, 6) is -2.20. The molecule has 2 aromatic carbocycles. The van der Waals surface area contributed by atoms with Crippen LogP contribution in [0, 0.1) is 11.6 Å². The SMILES string of the molecule is NC(=C(C=Nc1cccc(F)c1)c1onc(-c2c(F)cccc2Cl)c1NC=O)C(F)(F)F. The fourth-order valence-corrected chi connectivity index (χ4v) is 2.91. The largest absolute Gasteiger partial charge is 0.431 e. The van der Waals surface area contributed by atoms with Crippen LogP contribution >= 0.6 is 11.6 Å². The summed E-state index contributed by atoms with van der Waals surface area (Å²) in [5.41, 5.74) is 1.65. The van der Waals surface area contributed by atoms with Crippen molar-refractivity contribution in [2.75, 3.05) is 5.32 Å². The Labute approximate surface area is 182 Å². The summed E-state index contributed by atoms with van der Waals surface area (Å²) >= 11 is 6.00. The minimum Gasteiger partial charge on any atom is -0.394 e. The number of nitrogens with zero attached hydrogens (tertiary/aromatic N) is 2. The Hall–Kier alpha value is -3.73. The highest BCUT2D eigenvalue weighted by Crippen LogP contribution is 2.40. The second kappa shape index (κ2) is 9.18. The second-order valence-electron chi connectivity index (χ2n) is 6.16. The molecular weight excluding hydrogens is 459 g/mol. The van der Waals surface area contributed by atoms with Crippen LogP contribution in [0.25, 0.3) is 16.8 Å². The van der Waals surface area contributed by atoms with Crippen LogP contribution in [0.1, 0.15) is 5.76 Å². The van der Waals surface area contributed by atoms with Gasteiger partial charge in [0.05, 0.1) is 21.8 Å². The first kappa shape index (κ1) is 22.9. The molecule has 0 unspecified atom stereocenters. The molecule has 0 atom stereocenters. The summed E-state index contributed by atoms with van der Waals surface area (Å²) in [4.78, 5) is 14.9. The maximum absolute atomic E-state index is 14.4. The van der Waals surface area contributed by atoms with Crippen LogP contribution in [0.15, 0.2) is 57.7 Å². The number of allylic oxidation sites excluding steroid dienone is 2. The molecule has 0 spiro atoms. The molecule has 1 aromatic heterocycles. The molecule has 0 fully saturated rings. The summed E-state index contributed by atoms with van der Waals surface area (Å²) in [6.45, 7) is 0. The van der Waals surface area contributed by atoms with Crippen LogP contribution in [-0.2, 0) is 4.79 Å². The van der Waals surface area contributed by atoms with Crippen molar-refractivity contribution in [3.63, 3.8) is 0 Å². The third kappa shape index (κ3) is 4.78. The van der Waals surface area contributed by atoms with Crippen molar-refractivity contribution in [2.45, 2.75) is 6.18 Å². The molecule has 0 aliphatic rings. The molecular formula is C20H12ClF5N4O2. The number of amides is 1. The number of aromatic nitrogens is 1. The number of aliphatic imine (C=N–C) groups is 1. The number of alkyl halides is 3. The van der Waals surface area contributed by atoms with Crippen LogP contribution in [-0.4, -0.2) is 24.0 Å². The van der Waals surface area contributed by atoms with E-state index in [-0.39, 0.29) is 28.4 Å². The summed E-state index contributed by atoms with van der Waals surface area (Å²) < 4.78 is 73.0. The number of nitrogens with one attached hydrogen (secondary N) is 1. The van der Waals surface area contributed by atoms with Gasteiger partial charge in [-0.15, -0.1) is 0 Å². The van der Waals surface area contributed by atoms with E-state index in [1.807, 2.05) is 0 Å². The van der Waals surface area contributed by atoms with E-state index in [0.29, 0.717) is 6.21 Å². The van der Waals surface area contributed by atoms with Crippen LogP contribution in [0.5, 0.6) is 0 Å². The van der Waals surface area contributed by atoms with Gasteiger partial charge in [0.15, 0.2) is 5.76 Å². The van der Waals surface area contributed by atoms with Gasteiger partial charge >= 0.3 is 6.18 Å². The first-order chi connectivity index (χ1) is 15.1. The molecule has 0 radical (unpaired) electrons. The van der Waals surface area contributed by atoms with E-state index in [9.17, 15) is 26.7 Å². The van der Waals surface area contributed by atoms with Gasteiger partial charge in [0.25, 0.3) is 0 Å². The Morgan fingerprint density at radius 2 is 1.91 bits per heavy atom. The predicted molar refractivity (Wildman–Crippen MR) is 108 cm³/mol. The first-order valence-corrected chi connectivity index (χ1v) is 9.02. The Kier molecular flexibility index (Phi) is 6.58. The molecule has 32 heavy (non-hydrogen) atoms. The van der Waals surface area contributed by atoms with Gasteiger partial charge in [-0.25, -0.2) is 8.78 Å². The fraction of sp³-hybridized carbons (Fsp3) is 0.0500. The Morgan fingerprint density at radius 3 is 2.53 bits per heavy atom. The maximum Gasteiger partial charge on any atom is 0.431 e. The number of nitrogens with two attached hydrogens (primary N) is 1. The molecule has 1 amide bonds. The minimum absolute atomic E-state index is 0.0285. The normalized spacial score (nSPS) is 12.7. The molecule has 3 N–H and O–H groups in total. The predicted octanol–water partition coefficient (Wildman–Crippen LogP) is 5.48. The van der Waals surface area contributed by atoms with Crippen molar-refractivity contribution in [1.82, 2.24) is 5.16 Å². The lowest BCUT2D eigenvalue weighted by Gasteiger charge is -2.11. The van der Waals surface area contributed by atoms with Crippen molar-refractivity contribution in [3.05, 3.63) is 70.6 Å². The number of benzene rings is 2. The number of carbonyl (C=O) groups is 1. The molecule has 0 aliphatic heterocycles. The molecule has 166 valence electrons. The topological polar surface area (TPSA) is 93.5 Å². The van der Waals surface area contributed by atoms with Crippen molar-refractivity contribution in [3.8, 4) is 11.3 Å². The van der Waals surface area contributed by atoms with E-state index in [4.69, 9.17) is 21.9 Å². The van der Waals surface area contributed by atoms with Gasteiger partial charge in [0.1, 0.15) is 28.7 Å². The highest BCUT2D eigenvalue weighted by molar-refractivity contribution is 6.33. The number of carbonyl (C=O) groups excluding carboxylic acids is 1. The highest BCUT2D eigenvalue weighted by Gasteiger charge is 2.37. The number of halogens is 6. The van der Waals surface area contributed by atoms with Crippen LogP contribution in [0.4, 0.5) is 33.3 Å². The van der Waals surface area contributed by atoms with Gasteiger partial charge in [-0.05, 0) is 30.3 Å². The molecule has 1 heterocycles. The smallest absolute Gasteiger partial charge is 0.394 e. The molecule has 0 bridgehead atoms. The third-order valence-electron chi connectivity index (χ3n) is 4.09. The summed E-state index contributed by atoms with van der Waals surface area (Å²) in [5, 5.41) is 5.58. The average Bonchev–Trinajstić information content (AvgIpc) is 3.11. The summed E-state index contributed by atoms with van der Waals surface area (Å²) in [6, 6.07) is 8.35. The second-order valence-corrected chi connectivity index (χ2v) is 6.56. The van der Waals surface area contributed by atoms with E-state index < -0.39 is 40.5 Å². The number of hydrogen-bond acceptors (Lipinski definition) is 5.